The van der Waals surface area contributed by atoms with Crippen LogP contribution in [0.3, 0.4) is 0 Å². The van der Waals surface area contributed by atoms with Gasteiger partial charge in [-0.2, -0.15) is 5.10 Å². The van der Waals surface area contributed by atoms with Gasteiger partial charge in [-0.25, -0.2) is 18.3 Å². The SMILES string of the molecule is Cc1ccc(S(=O)(=O)n2c(=O)cn[nH]c2=O)cc1. The van der Waals surface area contributed by atoms with Gasteiger partial charge in [-0.3, -0.25) is 4.79 Å². The molecule has 0 unspecified atom stereocenters. The Labute approximate surface area is 102 Å². The number of nitrogens with zero attached hydrogens (tertiary/aromatic N) is 2. The van der Waals surface area contributed by atoms with Gasteiger partial charge in [0.05, 0.1) is 4.90 Å². The van der Waals surface area contributed by atoms with E-state index in [-0.39, 0.29) is 8.87 Å². The molecule has 18 heavy (non-hydrogen) atoms. The summed E-state index contributed by atoms with van der Waals surface area (Å²) in [6.45, 7) is 1.79. The number of aryl methyl sites for hydroxylation is 1. The highest BCUT2D eigenvalue weighted by molar-refractivity contribution is 7.89. The molecule has 0 aliphatic rings. The number of hydrogen-bond acceptors (Lipinski definition) is 5. The minimum absolute atomic E-state index is 0.132. The lowest BCUT2D eigenvalue weighted by Crippen LogP contribution is -2.40. The zero-order chi connectivity index (χ0) is 13.3. The van der Waals surface area contributed by atoms with E-state index in [1.165, 1.54) is 12.1 Å². The summed E-state index contributed by atoms with van der Waals surface area (Å²) in [5, 5.41) is 5.14. The van der Waals surface area contributed by atoms with E-state index in [1.807, 2.05) is 5.10 Å². The lowest BCUT2D eigenvalue weighted by atomic mass is 10.2. The van der Waals surface area contributed by atoms with E-state index in [2.05, 4.69) is 5.10 Å². The first-order chi connectivity index (χ1) is 8.43. The molecule has 7 nitrogen and oxygen atoms in total. The molecular formula is C10H9N3O4S. The van der Waals surface area contributed by atoms with Crippen LogP contribution in [0, 0.1) is 6.92 Å². The van der Waals surface area contributed by atoms with Crippen molar-refractivity contribution in [2.45, 2.75) is 11.8 Å². The van der Waals surface area contributed by atoms with Crippen molar-refractivity contribution in [2.75, 3.05) is 0 Å². The maximum absolute atomic E-state index is 12.1. The number of rotatable bonds is 2. The van der Waals surface area contributed by atoms with Crippen LogP contribution >= 0.6 is 0 Å². The predicted octanol–water partition coefficient (Wildman–Crippen LogP) is -0.523. The fourth-order valence-electron chi connectivity index (χ4n) is 1.38. The van der Waals surface area contributed by atoms with Crippen molar-refractivity contribution in [3.05, 3.63) is 56.9 Å². The summed E-state index contributed by atoms with van der Waals surface area (Å²) in [7, 11) is -4.20. The molecule has 1 aromatic heterocycles. The van der Waals surface area contributed by atoms with Crippen molar-refractivity contribution in [2.24, 2.45) is 0 Å². The molecule has 0 radical (unpaired) electrons. The third kappa shape index (κ3) is 1.97. The van der Waals surface area contributed by atoms with E-state index in [0.29, 0.717) is 0 Å². The zero-order valence-corrected chi connectivity index (χ0v) is 10.1. The molecule has 0 fully saturated rings. The molecule has 8 heteroatoms. The first kappa shape index (κ1) is 12.2. The van der Waals surface area contributed by atoms with Crippen LogP contribution in [0.4, 0.5) is 0 Å². The van der Waals surface area contributed by atoms with E-state index in [9.17, 15) is 18.0 Å². The second kappa shape index (κ2) is 4.22. The van der Waals surface area contributed by atoms with E-state index in [1.54, 1.807) is 19.1 Å². The maximum atomic E-state index is 12.1. The lowest BCUT2D eigenvalue weighted by Gasteiger charge is -2.05. The van der Waals surface area contributed by atoms with E-state index in [4.69, 9.17) is 0 Å². The molecule has 2 aromatic rings. The van der Waals surface area contributed by atoms with Crippen LogP contribution in [0.15, 0.2) is 44.9 Å². The first-order valence-corrected chi connectivity index (χ1v) is 6.36. The van der Waals surface area contributed by atoms with Crippen LogP contribution in [0.2, 0.25) is 0 Å². The van der Waals surface area contributed by atoms with Crippen molar-refractivity contribution in [3.63, 3.8) is 0 Å². The van der Waals surface area contributed by atoms with E-state index in [0.717, 1.165) is 11.8 Å². The van der Waals surface area contributed by atoms with Crippen LogP contribution < -0.4 is 11.2 Å². The number of H-pyrrole nitrogens is 1. The highest BCUT2D eigenvalue weighted by Gasteiger charge is 2.21. The fraction of sp³-hybridized carbons (Fsp3) is 0.100. The second-order valence-electron chi connectivity index (χ2n) is 3.60. The molecule has 0 amide bonds. The van der Waals surface area contributed by atoms with Crippen molar-refractivity contribution in [1.29, 1.82) is 0 Å². The number of benzene rings is 1. The molecule has 0 aliphatic heterocycles. The molecule has 0 saturated carbocycles. The van der Waals surface area contributed by atoms with Crippen molar-refractivity contribution >= 4 is 10.0 Å². The van der Waals surface area contributed by atoms with Crippen molar-refractivity contribution in [1.82, 2.24) is 14.2 Å². The second-order valence-corrected chi connectivity index (χ2v) is 5.38. The first-order valence-electron chi connectivity index (χ1n) is 4.92. The molecule has 1 aromatic carbocycles. The van der Waals surface area contributed by atoms with Gasteiger partial charge < -0.3 is 0 Å². The molecule has 0 atom stereocenters. The molecule has 1 N–H and O–H groups in total. The van der Waals surface area contributed by atoms with Crippen LogP contribution in [-0.2, 0) is 10.0 Å². The monoisotopic (exact) mass is 267 g/mol. The van der Waals surface area contributed by atoms with Gasteiger partial charge in [-0.1, -0.05) is 17.7 Å². The molecule has 0 bridgehead atoms. The van der Waals surface area contributed by atoms with Gasteiger partial charge in [-0.05, 0) is 19.1 Å². The number of nitrogens with one attached hydrogen (secondary N) is 1. The average Bonchev–Trinajstić information content (AvgIpc) is 2.29. The quantitative estimate of drug-likeness (QED) is 0.788. The maximum Gasteiger partial charge on any atom is 0.359 e. The Bertz CT molecular complexity index is 759. The summed E-state index contributed by atoms with van der Waals surface area (Å²) in [5.74, 6) is 0. The van der Waals surface area contributed by atoms with Crippen LogP contribution in [0.1, 0.15) is 5.56 Å². The molecule has 0 aliphatic carbocycles. The Morgan fingerprint density at radius 2 is 1.78 bits per heavy atom. The van der Waals surface area contributed by atoms with Crippen molar-refractivity contribution in [3.8, 4) is 0 Å². The largest absolute Gasteiger partial charge is 0.359 e. The lowest BCUT2D eigenvalue weighted by molar-refractivity contribution is 0.580. The summed E-state index contributed by atoms with van der Waals surface area (Å²) < 4.78 is 24.3. The van der Waals surface area contributed by atoms with Crippen LogP contribution in [0.5, 0.6) is 0 Å². The molecule has 0 saturated heterocycles. The summed E-state index contributed by atoms with van der Waals surface area (Å²) in [5.41, 5.74) is -1.23. The van der Waals surface area contributed by atoms with E-state index < -0.39 is 21.3 Å². The summed E-state index contributed by atoms with van der Waals surface area (Å²) in [4.78, 5) is 22.7. The third-order valence-electron chi connectivity index (χ3n) is 2.28. The van der Waals surface area contributed by atoms with Crippen molar-refractivity contribution < 1.29 is 8.42 Å². The molecule has 0 spiro atoms. The Balaban J connectivity index is 2.74. The Morgan fingerprint density at radius 1 is 1.17 bits per heavy atom. The van der Waals surface area contributed by atoms with Gasteiger partial charge in [0.25, 0.3) is 15.6 Å². The summed E-state index contributed by atoms with van der Waals surface area (Å²) in [6.07, 6.45) is 0.729. The molecule has 94 valence electrons. The summed E-state index contributed by atoms with van der Waals surface area (Å²) >= 11 is 0. The highest BCUT2D eigenvalue weighted by Crippen LogP contribution is 2.11. The van der Waals surface area contributed by atoms with Gasteiger partial charge in [0, 0.05) is 0 Å². The summed E-state index contributed by atoms with van der Waals surface area (Å²) in [6, 6.07) is 5.81. The highest BCUT2D eigenvalue weighted by atomic mass is 32.2. The van der Waals surface area contributed by atoms with Crippen LogP contribution in [-0.4, -0.2) is 22.6 Å². The predicted molar refractivity (Wildman–Crippen MR) is 62.9 cm³/mol. The normalized spacial score (nSPS) is 11.4. The number of aromatic amines is 1. The van der Waals surface area contributed by atoms with Gasteiger partial charge >= 0.3 is 5.69 Å². The molecule has 1 heterocycles. The Hall–Kier alpha value is -2.22. The minimum atomic E-state index is -4.20. The zero-order valence-electron chi connectivity index (χ0n) is 9.32. The van der Waals surface area contributed by atoms with Gasteiger partial charge in [0.15, 0.2) is 0 Å². The Kier molecular flexibility index (Phi) is 2.87. The fourth-order valence-corrected chi connectivity index (χ4v) is 2.62. The van der Waals surface area contributed by atoms with Gasteiger partial charge in [-0.15, -0.1) is 3.97 Å². The minimum Gasteiger partial charge on any atom is -0.266 e. The smallest absolute Gasteiger partial charge is 0.266 e. The third-order valence-corrected chi connectivity index (χ3v) is 3.97. The van der Waals surface area contributed by atoms with Gasteiger partial charge in [0.2, 0.25) is 0 Å². The van der Waals surface area contributed by atoms with Gasteiger partial charge in [0.1, 0.15) is 6.20 Å². The Morgan fingerprint density at radius 3 is 2.33 bits per heavy atom. The molecule has 2 rings (SSSR count). The van der Waals surface area contributed by atoms with E-state index >= 15 is 0 Å². The topological polar surface area (TPSA) is 102 Å². The van der Waals surface area contributed by atoms with Crippen LogP contribution in [0.25, 0.3) is 0 Å². The average molecular weight is 267 g/mol. The standard InChI is InChI=1S/C10H9N3O4S/c1-7-2-4-8(5-3-7)18(16,17)13-9(14)6-11-12-10(13)15/h2-6H,1H3,(H,12,15). The molecular weight excluding hydrogens is 258 g/mol. The number of aromatic nitrogens is 3. The number of hydrogen-bond donors (Lipinski definition) is 1.